The predicted octanol–water partition coefficient (Wildman–Crippen LogP) is 2.07. The van der Waals surface area contributed by atoms with Crippen LogP contribution >= 0.6 is 0 Å². The summed E-state index contributed by atoms with van der Waals surface area (Å²) in [5.74, 6) is -1.04. The van der Waals surface area contributed by atoms with Crippen LogP contribution in [0.15, 0.2) is 48.8 Å². The lowest BCUT2D eigenvalue weighted by molar-refractivity contribution is -0.137. The minimum absolute atomic E-state index is 0.0623. The quantitative estimate of drug-likeness (QED) is 0.791. The molecule has 0 aliphatic carbocycles. The van der Waals surface area contributed by atoms with E-state index in [1.165, 1.54) is 0 Å². The van der Waals surface area contributed by atoms with Crippen molar-refractivity contribution in [2.75, 3.05) is 6.54 Å². The number of carboxylic acids is 1. The van der Waals surface area contributed by atoms with E-state index >= 15 is 0 Å². The Labute approximate surface area is 116 Å². The zero-order valence-electron chi connectivity index (χ0n) is 11.0. The van der Waals surface area contributed by atoms with E-state index in [1.54, 1.807) is 12.1 Å². The number of carbonyl (C=O) groups excluding carboxylic acids is 1. The fourth-order valence-corrected chi connectivity index (χ4v) is 1.84. The fraction of sp³-hybridized carbons (Fsp3) is 0.200. The first-order chi connectivity index (χ1) is 9.66. The molecule has 2 N–H and O–H groups in total. The van der Waals surface area contributed by atoms with E-state index in [9.17, 15) is 9.59 Å². The number of amides is 1. The summed E-state index contributed by atoms with van der Waals surface area (Å²) in [5.41, 5.74) is 1.55. The molecule has 0 saturated carbocycles. The maximum atomic E-state index is 11.8. The van der Waals surface area contributed by atoms with Crippen molar-refractivity contribution in [2.24, 2.45) is 0 Å². The molecular formula is C15H16N2O3. The first-order valence-corrected chi connectivity index (χ1v) is 6.40. The summed E-state index contributed by atoms with van der Waals surface area (Å²) in [6, 6.07) is 11.1. The van der Waals surface area contributed by atoms with Gasteiger partial charge >= 0.3 is 5.97 Å². The summed E-state index contributed by atoms with van der Waals surface area (Å²) in [6.45, 7) is 0.366. The molecule has 5 nitrogen and oxygen atoms in total. The van der Waals surface area contributed by atoms with Crippen molar-refractivity contribution in [3.05, 3.63) is 54.4 Å². The third-order valence-corrected chi connectivity index (χ3v) is 2.89. The maximum Gasteiger partial charge on any atom is 0.303 e. The van der Waals surface area contributed by atoms with Crippen LogP contribution in [0.25, 0.3) is 5.69 Å². The number of nitrogens with one attached hydrogen (secondary N) is 1. The second kappa shape index (κ2) is 6.56. The minimum atomic E-state index is -0.852. The Morgan fingerprint density at radius 1 is 1.10 bits per heavy atom. The van der Waals surface area contributed by atoms with Gasteiger partial charge in [-0.2, -0.15) is 0 Å². The largest absolute Gasteiger partial charge is 0.481 e. The molecule has 0 atom stereocenters. The van der Waals surface area contributed by atoms with Crippen LogP contribution in [0.1, 0.15) is 23.2 Å². The Bertz CT molecular complexity index is 574. The van der Waals surface area contributed by atoms with Crippen molar-refractivity contribution >= 4 is 11.9 Å². The van der Waals surface area contributed by atoms with E-state index in [2.05, 4.69) is 5.32 Å². The molecule has 0 fully saturated rings. The van der Waals surface area contributed by atoms with Gasteiger partial charge in [-0.05, 0) is 42.8 Å². The number of aromatic nitrogens is 1. The van der Waals surface area contributed by atoms with E-state index in [-0.39, 0.29) is 12.3 Å². The van der Waals surface area contributed by atoms with Crippen LogP contribution < -0.4 is 5.32 Å². The van der Waals surface area contributed by atoms with Gasteiger partial charge in [0.25, 0.3) is 5.91 Å². The van der Waals surface area contributed by atoms with Gasteiger partial charge in [0.05, 0.1) is 0 Å². The molecule has 20 heavy (non-hydrogen) atoms. The molecule has 0 aliphatic heterocycles. The summed E-state index contributed by atoms with van der Waals surface area (Å²) in [4.78, 5) is 22.2. The van der Waals surface area contributed by atoms with Crippen molar-refractivity contribution in [1.82, 2.24) is 9.88 Å². The second-order valence-electron chi connectivity index (χ2n) is 4.39. The Kier molecular flexibility index (Phi) is 4.55. The number of nitrogens with zero attached hydrogens (tertiary/aromatic N) is 1. The van der Waals surface area contributed by atoms with Crippen molar-refractivity contribution in [2.45, 2.75) is 12.8 Å². The molecule has 0 bridgehead atoms. The Morgan fingerprint density at radius 3 is 2.35 bits per heavy atom. The normalized spacial score (nSPS) is 10.2. The number of carbonyl (C=O) groups is 2. The molecular weight excluding hydrogens is 256 g/mol. The molecule has 5 heteroatoms. The van der Waals surface area contributed by atoms with Crippen molar-refractivity contribution in [3.63, 3.8) is 0 Å². The van der Waals surface area contributed by atoms with Crippen LogP contribution in [-0.4, -0.2) is 28.1 Å². The SMILES string of the molecule is O=C(O)CCCNC(=O)c1ccc(-n2cccc2)cc1. The summed E-state index contributed by atoms with van der Waals surface area (Å²) >= 11 is 0. The van der Waals surface area contributed by atoms with E-state index in [0.29, 0.717) is 18.5 Å². The Hall–Kier alpha value is -2.56. The van der Waals surface area contributed by atoms with Gasteiger partial charge in [-0.3, -0.25) is 9.59 Å². The van der Waals surface area contributed by atoms with E-state index in [1.807, 2.05) is 41.2 Å². The first kappa shape index (κ1) is 13.9. The topological polar surface area (TPSA) is 71.3 Å². The van der Waals surface area contributed by atoms with Gasteiger partial charge in [-0.1, -0.05) is 0 Å². The summed E-state index contributed by atoms with van der Waals surface area (Å²) < 4.78 is 1.95. The van der Waals surface area contributed by atoms with Crippen molar-refractivity contribution in [1.29, 1.82) is 0 Å². The molecule has 1 heterocycles. The molecule has 2 aromatic rings. The fourth-order valence-electron chi connectivity index (χ4n) is 1.84. The van der Waals surface area contributed by atoms with Crippen LogP contribution in [0.2, 0.25) is 0 Å². The summed E-state index contributed by atoms with van der Waals surface area (Å²) in [6.07, 6.45) is 4.36. The first-order valence-electron chi connectivity index (χ1n) is 6.40. The number of aliphatic carboxylic acids is 1. The van der Waals surface area contributed by atoms with E-state index < -0.39 is 5.97 Å². The molecule has 0 saturated heterocycles. The minimum Gasteiger partial charge on any atom is -0.481 e. The average molecular weight is 272 g/mol. The van der Waals surface area contributed by atoms with Gasteiger partial charge in [-0.15, -0.1) is 0 Å². The molecule has 0 unspecified atom stereocenters. The van der Waals surface area contributed by atoms with Gasteiger partial charge in [-0.25, -0.2) is 0 Å². The van der Waals surface area contributed by atoms with Crippen LogP contribution in [-0.2, 0) is 4.79 Å². The van der Waals surface area contributed by atoms with Gasteiger partial charge in [0.2, 0.25) is 0 Å². The Balaban J connectivity index is 1.89. The lowest BCUT2D eigenvalue weighted by Gasteiger charge is -2.06. The van der Waals surface area contributed by atoms with Crippen LogP contribution in [0, 0.1) is 0 Å². The Morgan fingerprint density at radius 2 is 1.75 bits per heavy atom. The number of benzene rings is 1. The van der Waals surface area contributed by atoms with Gasteiger partial charge in [0.15, 0.2) is 0 Å². The molecule has 1 amide bonds. The highest BCUT2D eigenvalue weighted by molar-refractivity contribution is 5.94. The van der Waals surface area contributed by atoms with E-state index in [0.717, 1.165) is 5.69 Å². The van der Waals surface area contributed by atoms with Crippen LogP contribution in [0.3, 0.4) is 0 Å². The zero-order chi connectivity index (χ0) is 14.4. The molecule has 0 aliphatic rings. The van der Waals surface area contributed by atoms with Gasteiger partial charge in [0, 0.05) is 36.6 Å². The highest BCUT2D eigenvalue weighted by atomic mass is 16.4. The lowest BCUT2D eigenvalue weighted by Crippen LogP contribution is -2.24. The lowest BCUT2D eigenvalue weighted by atomic mass is 10.2. The van der Waals surface area contributed by atoms with Crippen LogP contribution in [0.4, 0.5) is 0 Å². The number of rotatable bonds is 6. The van der Waals surface area contributed by atoms with Crippen LogP contribution in [0.5, 0.6) is 0 Å². The molecule has 1 aromatic heterocycles. The average Bonchev–Trinajstić information content (AvgIpc) is 2.97. The standard InChI is InChI=1S/C15H16N2O3/c18-14(19)4-3-9-16-15(20)12-5-7-13(8-6-12)17-10-1-2-11-17/h1-2,5-8,10-11H,3-4,9H2,(H,16,20)(H,18,19). The number of carboxylic acid groups (broad SMARTS) is 1. The summed E-state index contributed by atoms with van der Waals surface area (Å²) in [7, 11) is 0. The van der Waals surface area contributed by atoms with Crippen molar-refractivity contribution in [3.8, 4) is 5.69 Å². The maximum absolute atomic E-state index is 11.8. The smallest absolute Gasteiger partial charge is 0.303 e. The number of hydrogen-bond donors (Lipinski definition) is 2. The molecule has 0 radical (unpaired) electrons. The molecule has 104 valence electrons. The molecule has 2 rings (SSSR count). The number of hydrogen-bond acceptors (Lipinski definition) is 2. The molecule has 1 aromatic carbocycles. The van der Waals surface area contributed by atoms with Gasteiger partial charge < -0.3 is 15.0 Å². The van der Waals surface area contributed by atoms with Crippen molar-refractivity contribution < 1.29 is 14.7 Å². The zero-order valence-corrected chi connectivity index (χ0v) is 11.0. The highest BCUT2D eigenvalue weighted by Crippen LogP contribution is 2.10. The predicted molar refractivity (Wildman–Crippen MR) is 75.0 cm³/mol. The highest BCUT2D eigenvalue weighted by Gasteiger charge is 2.05. The summed E-state index contributed by atoms with van der Waals surface area (Å²) in [5, 5.41) is 11.2. The monoisotopic (exact) mass is 272 g/mol. The van der Waals surface area contributed by atoms with E-state index in [4.69, 9.17) is 5.11 Å². The second-order valence-corrected chi connectivity index (χ2v) is 4.39. The third kappa shape index (κ3) is 3.71. The molecule has 0 spiro atoms. The third-order valence-electron chi connectivity index (χ3n) is 2.89. The van der Waals surface area contributed by atoms with Gasteiger partial charge in [0.1, 0.15) is 0 Å².